The molecule has 8 nitrogen and oxygen atoms in total. The normalized spacial score (nSPS) is 11.1. The van der Waals surface area contributed by atoms with E-state index in [1.165, 1.54) is 12.1 Å². The average molecular weight is 515 g/mol. The first kappa shape index (κ1) is 30.0. The summed E-state index contributed by atoms with van der Waals surface area (Å²) in [6.45, 7) is 2.23. The van der Waals surface area contributed by atoms with Crippen LogP contribution in [-0.4, -0.2) is 35.9 Å². The van der Waals surface area contributed by atoms with Crippen molar-refractivity contribution in [2.45, 2.75) is 32.2 Å². The largest absolute Gasteiger partial charge is 1.00 e. The topological polar surface area (TPSA) is 123 Å². The van der Waals surface area contributed by atoms with Crippen LogP contribution < -0.4 is 50.6 Å². The number of halogens is 1. The van der Waals surface area contributed by atoms with Crippen LogP contribution in [0.3, 0.4) is 0 Å². The second-order valence-corrected chi connectivity index (χ2v) is 8.35. The molecule has 0 spiro atoms. The van der Waals surface area contributed by atoms with Crippen molar-refractivity contribution >= 4 is 23.6 Å². The van der Waals surface area contributed by atoms with Crippen LogP contribution in [0.2, 0.25) is 0 Å². The van der Waals surface area contributed by atoms with E-state index in [1.807, 2.05) is 19.1 Å². The molecule has 188 valence electrons. The molecule has 1 heterocycles. The Labute approximate surface area is 237 Å². The predicted molar refractivity (Wildman–Crippen MR) is 132 cm³/mol. The number of hydrogen-bond donors (Lipinski definition) is 3. The van der Waals surface area contributed by atoms with Gasteiger partial charge in [-0.3, -0.25) is 9.59 Å². The number of pyridine rings is 1. The van der Waals surface area contributed by atoms with Gasteiger partial charge in [-0.2, -0.15) is 0 Å². The summed E-state index contributed by atoms with van der Waals surface area (Å²) in [6, 6.07) is 15.8. The van der Waals surface area contributed by atoms with Gasteiger partial charge in [0.2, 0.25) is 11.8 Å². The molecule has 0 saturated carbocycles. The first-order valence-corrected chi connectivity index (χ1v) is 11.6. The van der Waals surface area contributed by atoms with E-state index in [-0.39, 0.29) is 54.2 Å². The van der Waals surface area contributed by atoms with Gasteiger partial charge in [0.05, 0.1) is 12.6 Å². The molecule has 3 aromatic rings. The number of anilines is 1. The number of benzene rings is 2. The molecule has 1 atom stereocenters. The number of amides is 2. The maximum Gasteiger partial charge on any atom is 1.00 e. The summed E-state index contributed by atoms with van der Waals surface area (Å²) in [6.07, 6.45) is 2.03. The summed E-state index contributed by atoms with van der Waals surface area (Å²) in [7, 11) is 0. The number of nitrogens with zero attached hydrogens (tertiary/aromatic N) is 1. The molecular weight excluding hydrogens is 486 g/mol. The van der Waals surface area contributed by atoms with E-state index in [4.69, 9.17) is 0 Å². The van der Waals surface area contributed by atoms with Crippen molar-refractivity contribution in [3.05, 3.63) is 83.8 Å². The van der Waals surface area contributed by atoms with Gasteiger partial charge in [-0.1, -0.05) is 30.3 Å². The Kier molecular flexibility index (Phi) is 12.2. The fraction of sp³-hybridized carbons (Fsp3) is 0.259. The molecule has 0 fully saturated rings. The van der Waals surface area contributed by atoms with E-state index >= 15 is 0 Å². The molecule has 10 heteroatoms. The Morgan fingerprint density at radius 3 is 2.46 bits per heavy atom. The molecule has 0 saturated heterocycles. The third-order valence-corrected chi connectivity index (χ3v) is 5.42. The quantitative estimate of drug-likeness (QED) is 0.221. The zero-order valence-electron chi connectivity index (χ0n) is 20.9. The van der Waals surface area contributed by atoms with Crippen LogP contribution in [0.1, 0.15) is 36.4 Å². The Balaban J connectivity index is 0.00000481. The molecule has 1 unspecified atom stereocenters. The molecule has 2 aromatic carbocycles. The second kappa shape index (κ2) is 15.1. The third kappa shape index (κ3) is 10.3. The molecule has 1 aromatic heterocycles. The number of carboxylic acids is 1. The standard InChI is InChI=1S/C27H29FN4O4.Na/c1-18-11-13-30-24(14-18)29-12-3-6-25(33)31-17-26(34)32-23(16-27(35)36)21-5-2-4-20(15-21)19-7-9-22(28)10-8-19;/h2,4-5,7-11,13-15,23H,3,6,12,16-17H2,1H3,(H,29,30)(H,31,33)(H,32,34)(H,35,36);/q;+1/p-1. The molecule has 0 radical (unpaired) electrons. The Bertz CT molecular complexity index is 1210. The first-order chi connectivity index (χ1) is 17.3. The first-order valence-electron chi connectivity index (χ1n) is 11.6. The molecule has 2 amide bonds. The molecule has 0 aliphatic heterocycles. The van der Waals surface area contributed by atoms with Crippen LogP contribution >= 0.6 is 0 Å². The van der Waals surface area contributed by atoms with Crippen LogP contribution in [0.15, 0.2) is 66.9 Å². The van der Waals surface area contributed by atoms with Crippen molar-refractivity contribution in [2.75, 3.05) is 18.4 Å². The van der Waals surface area contributed by atoms with Crippen LogP contribution in [0.4, 0.5) is 10.2 Å². The minimum atomic E-state index is -1.33. The van der Waals surface area contributed by atoms with Gasteiger partial charge in [-0.15, -0.1) is 0 Å². The number of hydrogen-bond acceptors (Lipinski definition) is 6. The monoisotopic (exact) mass is 514 g/mol. The summed E-state index contributed by atoms with van der Waals surface area (Å²) >= 11 is 0. The van der Waals surface area contributed by atoms with Crippen molar-refractivity contribution < 1.29 is 53.4 Å². The van der Waals surface area contributed by atoms with Gasteiger partial charge in [-0.05, 0) is 65.9 Å². The number of aliphatic carboxylic acids is 1. The van der Waals surface area contributed by atoms with Gasteiger partial charge >= 0.3 is 29.6 Å². The van der Waals surface area contributed by atoms with Crippen molar-refractivity contribution in [3.8, 4) is 11.1 Å². The number of rotatable bonds is 12. The van der Waals surface area contributed by atoms with Crippen LogP contribution in [-0.2, 0) is 14.4 Å². The molecule has 0 aliphatic rings. The van der Waals surface area contributed by atoms with E-state index in [0.29, 0.717) is 18.5 Å². The molecule has 3 N–H and O–H groups in total. The molecule has 3 rings (SSSR count). The smallest absolute Gasteiger partial charge is 0.550 e. The second-order valence-electron chi connectivity index (χ2n) is 8.35. The maximum absolute atomic E-state index is 13.2. The summed E-state index contributed by atoms with van der Waals surface area (Å²) in [5.74, 6) is -1.77. The van der Waals surface area contributed by atoms with Gasteiger partial charge in [0.1, 0.15) is 11.6 Å². The molecule has 0 aliphatic carbocycles. The van der Waals surface area contributed by atoms with E-state index < -0.39 is 24.3 Å². The number of aryl methyl sites for hydroxylation is 1. The van der Waals surface area contributed by atoms with E-state index in [2.05, 4.69) is 20.9 Å². The van der Waals surface area contributed by atoms with Gasteiger partial charge in [0.25, 0.3) is 0 Å². The number of aromatic nitrogens is 1. The van der Waals surface area contributed by atoms with Gasteiger partial charge in [0, 0.05) is 31.6 Å². The summed E-state index contributed by atoms with van der Waals surface area (Å²) in [5, 5.41) is 19.6. The molecule has 37 heavy (non-hydrogen) atoms. The minimum Gasteiger partial charge on any atom is -0.550 e. The predicted octanol–water partition coefficient (Wildman–Crippen LogP) is -0.494. The summed E-state index contributed by atoms with van der Waals surface area (Å²) in [5.41, 5.74) is 3.12. The SMILES string of the molecule is Cc1ccnc(NCCCC(=O)NCC(=O)NC(CC(=O)[O-])c2cccc(-c3ccc(F)cc3)c2)c1.[Na+]. The van der Waals surface area contributed by atoms with E-state index in [0.717, 1.165) is 22.5 Å². The van der Waals surface area contributed by atoms with Crippen LogP contribution in [0.25, 0.3) is 11.1 Å². The van der Waals surface area contributed by atoms with Crippen molar-refractivity contribution in [2.24, 2.45) is 0 Å². The third-order valence-electron chi connectivity index (χ3n) is 5.42. The maximum atomic E-state index is 13.2. The molecular formula is C27H28FN4NaO4. The Morgan fingerprint density at radius 1 is 1.00 bits per heavy atom. The van der Waals surface area contributed by atoms with Crippen molar-refractivity contribution in [3.63, 3.8) is 0 Å². The Morgan fingerprint density at radius 2 is 1.76 bits per heavy atom. The Hall–Kier alpha value is -3.27. The zero-order chi connectivity index (χ0) is 25.9. The summed E-state index contributed by atoms with van der Waals surface area (Å²) < 4.78 is 13.2. The fourth-order valence-corrected chi connectivity index (χ4v) is 3.61. The fourth-order valence-electron chi connectivity index (χ4n) is 3.61. The van der Waals surface area contributed by atoms with Crippen LogP contribution in [0.5, 0.6) is 0 Å². The van der Waals surface area contributed by atoms with Gasteiger partial charge in [0.15, 0.2) is 0 Å². The van der Waals surface area contributed by atoms with E-state index in [9.17, 15) is 23.9 Å². The number of carboxylic acid groups (broad SMARTS) is 1. The zero-order valence-corrected chi connectivity index (χ0v) is 22.9. The average Bonchev–Trinajstić information content (AvgIpc) is 2.85. The van der Waals surface area contributed by atoms with E-state index in [1.54, 1.807) is 42.6 Å². The minimum absolute atomic E-state index is 0. The number of carbonyl (C=O) groups is 3. The summed E-state index contributed by atoms with van der Waals surface area (Å²) in [4.78, 5) is 40.1. The number of nitrogens with one attached hydrogen (secondary N) is 3. The van der Waals surface area contributed by atoms with Crippen molar-refractivity contribution in [1.29, 1.82) is 0 Å². The van der Waals surface area contributed by atoms with Gasteiger partial charge < -0.3 is 25.9 Å². The molecule has 0 bridgehead atoms. The van der Waals surface area contributed by atoms with Gasteiger partial charge in [-0.25, -0.2) is 9.37 Å². The van der Waals surface area contributed by atoms with Crippen LogP contribution in [0, 0.1) is 12.7 Å². The van der Waals surface area contributed by atoms with Crippen molar-refractivity contribution in [1.82, 2.24) is 15.6 Å². The number of carbonyl (C=O) groups excluding carboxylic acids is 3.